The summed E-state index contributed by atoms with van der Waals surface area (Å²) < 4.78 is 2.20. The second kappa shape index (κ2) is 6.69. The molecule has 5 heteroatoms. The zero-order chi connectivity index (χ0) is 17.3. The summed E-state index contributed by atoms with van der Waals surface area (Å²) in [6, 6.07) is 5.57. The van der Waals surface area contributed by atoms with Crippen LogP contribution in [-0.4, -0.2) is 40.8 Å². The summed E-state index contributed by atoms with van der Waals surface area (Å²) in [5.41, 5.74) is 3.44. The molecule has 0 unspecified atom stereocenters. The van der Waals surface area contributed by atoms with Crippen LogP contribution < -0.4 is 10.2 Å². The SMILES string of the molecule is CCNCCN(CC)c1ncc(C)c2c1c1cc(O)ccc1n2C. The standard InChI is InChI=1S/C19H26N4O/c1-5-20-9-10-23(6-2)19-17-15-11-14(24)7-8-16(15)22(4)18(17)13(3)12-21-19/h7-8,11-12,20,24H,5-6,9-10H2,1-4H3. The number of likely N-dealkylation sites (N-methyl/N-ethyl adjacent to an activating group) is 2. The Morgan fingerprint density at radius 2 is 2.08 bits per heavy atom. The van der Waals surface area contributed by atoms with E-state index in [0.717, 1.165) is 53.8 Å². The summed E-state index contributed by atoms with van der Waals surface area (Å²) in [5.74, 6) is 1.28. The van der Waals surface area contributed by atoms with E-state index in [1.807, 2.05) is 18.3 Å². The summed E-state index contributed by atoms with van der Waals surface area (Å²) in [6.45, 7) is 10.1. The molecule has 0 aliphatic carbocycles. The third-order valence-electron chi connectivity index (χ3n) is 4.65. The summed E-state index contributed by atoms with van der Waals surface area (Å²) >= 11 is 0. The molecule has 3 aromatic rings. The molecule has 1 aromatic carbocycles. The number of hydrogen-bond donors (Lipinski definition) is 2. The van der Waals surface area contributed by atoms with Crippen LogP contribution in [0.3, 0.4) is 0 Å². The van der Waals surface area contributed by atoms with Gasteiger partial charge < -0.3 is 19.9 Å². The first-order valence-corrected chi connectivity index (χ1v) is 8.60. The number of aryl methyl sites for hydroxylation is 2. The van der Waals surface area contributed by atoms with Crippen molar-refractivity contribution in [3.8, 4) is 5.75 Å². The fourth-order valence-corrected chi connectivity index (χ4v) is 3.45. The largest absolute Gasteiger partial charge is 0.508 e. The number of fused-ring (bicyclic) bond motifs is 3. The van der Waals surface area contributed by atoms with Crippen molar-refractivity contribution in [2.75, 3.05) is 31.1 Å². The number of phenolic OH excluding ortho intramolecular Hbond substituents is 1. The van der Waals surface area contributed by atoms with Crippen molar-refractivity contribution in [2.24, 2.45) is 7.05 Å². The molecule has 0 atom stereocenters. The minimum atomic E-state index is 0.290. The van der Waals surface area contributed by atoms with Crippen molar-refractivity contribution in [1.29, 1.82) is 0 Å². The third-order valence-corrected chi connectivity index (χ3v) is 4.65. The normalized spacial score (nSPS) is 11.5. The van der Waals surface area contributed by atoms with Gasteiger partial charge in [-0.1, -0.05) is 6.92 Å². The molecule has 0 aliphatic rings. The highest BCUT2D eigenvalue weighted by Gasteiger charge is 2.18. The second-order valence-electron chi connectivity index (χ2n) is 6.18. The average molecular weight is 326 g/mol. The second-order valence-corrected chi connectivity index (χ2v) is 6.18. The topological polar surface area (TPSA) is 53.3 Å². The highest BCUT2D eigenvalue weighted by molar-refractivity contribution is 6.14. The van der Waals surface area contributed by atoms with Crippen LogP contribution in [0.4, 0.5) is 5.82 Å². The van der Waals surface area contributed by atoms with Gasteiger partial charge in [-0.25, -0.2) is 4.98 Å². The molecule has 3 rings (SSSR count). The van der Waals surface area contributed by atoms with Crippen LogP contribution >= 0.6 is 0 Å². The van der Waals surface area contributed by atoms with E-state index in [9.17, 15) is 5.11 Å². The van der Waals surface area contributed by atoms with Gasteiger partial charge in [-0.3, -0.25) is 0 Å². The molecule has 5 nitrogen and oxygen atoms in total. The Hall–Kier alpha value is -2.27. The van der Waals surface area contributed by atoms with Crippen molar-refractivity contribution >= 4 is 27.6 Å². The lowest BCUT2D eigenvalue weighted by Crippen LogP contribution is -2.32. The summed E-state index contributed by atoms with van der Waals surface area (Å²) in [5, 5.41) is 15.5. The molecule has 2 N–H and O–H groups in total. The van der Waals surface area contributed by atoms with E-state index in [2.05, 4.69) is 42.6 Å². The molecule has 0 fully saturated rings. The number of aromatic hydroxyl groups is 1. The third kappa shape index (κ3) is 2.69. The van der Waals surface area contributed by atoms with Crippen molar-refractivity contribution < 1.29 is 5.11 Å². The number of pyridine rings is 1. The van der Waals surface area contributed by atoms with Gasteiger partial charge in [-0.2, -0.15) is 0 Å². The van der Waals surface area contributed by atoms with Gasteiger partial charge in [0.2, 0.25) is 0 Å². The maximum Gasteiger partial charge on any atom is 0.138 e. The van der Waals surface area contributed by atoms with Gasteiger partial charge in [0.15, 0.2) is 0 Å². The number of benzene rings is 1. The molecule has 128 valence electrons. The average Bonchev–Trinajstić information content (AvgIpc) is 2.86. The zero-order valence-electron chi connectivity index (χ0n) is 14.9. The molecular formula is C19H26N4O. The van der Waals surface area contributed by atoms with Gasteiger partial charge >= 0.3 is 0 Å². The first-order valence-electron chi connectivity index (χ1n) is 8.60. The van der Waals surface area contributed by atoms with Crippen LogP contribution in [-0.2, 0) is 7.05 Å². The van der Waals surface area contributed by atoms with Gasteiger partial charge in [-0.15, -0.1) is 0 Å². The van der Waals surface area contributed by atoms with Crippen molar-refractivity contribution in [1.82, 2.24) is 14.9 Å². The smallest absolute Gasteiger partial charge is 0.138 e. The quantitative estimate of drug-likeness (QED) is 0.683. The number of phenols is 1. The van der Waals surface area contributed by atoms with Gasteiger partial charge in [0.25, 0.3) is 0 Å². The summed E-state index contributed by atoms with van der Waals surface area (Å²) in [7, 11) is 2.08. The van der Waals surface area contributed by atoms with E-state index >= 15 is 0 Å². The zero-order valence-corrected chi connectivity index (χ0v) is 14.9. The van der Waals surface area contributed by atoms with Crippen LogP contribution in [0.1, 0.15) is 19.4 Å². The number of anilines is 1. The monoisotopic (exact) mass is 326 g/mol. The van der Waals surface area contributed by atoms with Crippen LogP contribution in [0.5, 0.6) is 5.75 Å². The van der Waals surface area contributed by atoms with Gasteiger partial charge in [-0.05, 0) is 44.2 Å². The Balaban J connectivity index is 2.24. The van der Waals surface area contributed by atoms with Crippen molar-refractivity contribution in [3.63, 3.8) is 0 Å². The van der Waals surface area contributed by atoms with E-state index in [1.54, 1.807) is 6.07 Å². The van der Waals surface area contributed by atoms with Crippen molar-refractivity contribution in [2.45, 2.75) is 20.8 Å². The van der Waals surface area contributed by atoms with Crippen LogP contribution in [0.15, 0.2) is 24.4 Å². The Morgan fingerprint density at radius 3 is 2.79 bits per heavy atom. The van der Waals surface area contributed by atoms with Gasteiger partial charge in [0.1, 0.15) is 11.6 Å². The van der Waals surface area contributed by atoms with E-state index in [0.29, 0.717) is 0 Å². The van der Waals surface area contributed by atoms with Crippen LogP contribution in [0.2, 0.25) is 0 Å². The van der Waals surface area contributed by atoms with E-state index in [1.165, 1.54) is 5.52 Å². The summed E-state index contributed by atoms with van der Waals surface area (Å²) in [4.78, 5) is 7.05. The van der Waals surface area contributed by atoms with Gasteiger partial charge in [0.05, 0.1) is 10.9 Å². The molecule has 0 radical (unpaired) electrons. The lowest BCUT2D eigenvalue weighted by molar-refractivity contribution is 0.476. The van der Waals surface area contributed by atoms with E-state index < -0.39 is 0 Å². The van der Waals surface area contributed by atoms with Gasteiger partial charge in [0, 0.05) is 43.8 Å². The van der Waals surface area contributed by atoms with Crippen LogP contribution in [0, 0.1) is 6.92 Å². The lowest BCUT2D eigenvalue weighted by Gasteiger charge is -2.23. The number of nitrogens with one attached hydrogen (secondary N) is 1. The molecular weight excluding hydrogens is 300 g/mol. The Kier molecular flexibility index (Phi) is 4.62. The maximum atomic E-state index is 9.98. The highest BCUT2D eigenvalue weighted by atomic mass is 16.3. The Morgan fingerprint density at radius 1 is 1.29 bits per heavy atom. The fraction of sp³-hybridized carbons (Fsp3) is 0.421. The van der Waals surface area contributed by atoms with E-state index in [-0.39, 0.29) is 5.75 Å². The summed E-state index contributed by atoms with van der Waals surface area (Å²) in [6.07, 6.45) is 1.95. The Bertz CT molecular complexity index is 869. The minimum absolute atomic E-state index is 0.290. The first kappa shape index (κ1) is 16.6. The maximum absolute atomic E-state index is 9.98. The van der Waals surface area contributed by atoms with Crippen LogP contribution in [0.25, 0.3) is 21.8 Å². The number of nitrogens with zero attached hydrogens (tertiary/aromatic N) is 3. The lowest BCUT2D eigenvalue weighted by atomic mass is 10.1. The molecule has 0 spiro atoms. The molecule has 0 bridgehead atoms. The van der Waals surface area contributed by atoms with E-state index in [4.69, 9.17) is 4.98 Å². The molecule has 2 aromatic heterocycles. The molecule has 24 heavy (non-hydrogen) atoms. The fourth-order valence-electron chi connectivity index (χ4n) is 3.45. The minimum Gasteiger partial charge on any atom is -0.508 e. The predicted octanol–water partition coefficient (Wildman–Crippen LogP) is 3.18. The number of hydrogen-bond acceptors (Lipinski definition) is 4. The first-order chi connectivity index (χ1) is 11.6. The molecule has 0 amide bonds. The Labute approximate surface area is 142 Å². The highest BCUT2D eigenvalue weighted by Crippen LogP contribution is 2.37. The number of aromatic nitrogens is 2. The number of rotatable bonds is 6. The molecule has 0 saturated carbocycles. The molecule has 0 aliphatic heterocycles. The van der Waals surface area contributed by atoms with Crippen molar-refractivity contribution in [3.05, 3.63) is 30.0 Å². The molecule has 2 heterocycles. The molecule has 0 saturated heterocycles. The predicted molar refractivity (Wildman–Crippen MR) is 101 cm³/mol.